The van der Waals surface area contributed by atoms with E-state index in [0.717, 1.165) is 18.8 Å². The lowest BCUT2D eigenvalue weighted by molar-refractivity contribution is 0.0110. The van der Waals surface area contributed by atoms with Gasteiger partial charge in [-0.15, -0.1) is 0 Å². The zero-order valence-electron chi connectivity index (χ0n) is 10.5. The molecule has 1 saturated heterocycles. The molecule has 0 bridgehead atoms. The Labute approximate surface area is 107 Å². The van der Waals surface area contributed by atoms with E-state index in [1.165, 1.54) is 0 Å². The van der Waals surface area contributed by atoms with Gasteiger partial charge in [-0.3, -0.25) is 0 Å². The molecule has 5 nitrogen and oxygen atoms in total. The highest BCUT2D eigenvalue weighted by Crippen LogP contribution is 2.06. The lowest BCUT2D eigenvalue weighted by Gasteiger charge is -2.29. The van der Waals surface area contributed by atoms with Crippen LogP contribution >= 0.6 is 0 Å². The van der Waals surface area contributed by atoms with Crippen molar-refractivity contribution >= 4 is 11.7 Å². The maximum absolute atomic E-state index is 11.8. The molecule has 0 radical (unpaired) electrons. The molecule has 1 aromatic rings. The van der Waals surface area contributed by atoms with Gasteiger partial charge in [0.2, 0.25) is 0 Å². The highest BCUT2D eigenvalue weighted by molar-refractivity contribution is 5.89. The number of anilines is 1. The second-order valence-corrected chi connectivity index (χ2v) is 4.37. The first-order valence-corrected chi connectivity index (χ1v) is 6.20. The summed E-state index contributed by atoms with van der Waals surface area (Å²) in [5, 5.41) is 8.91. The predicted molar refractivity (Wildman–Crippen MR) is 70.7 cm³/mol. The molecule has 2 atom stereocenters. The number of para-hydroxylation sites is 1. The van der Waals surface area contributed by atoms with Gasteiger partial charge in [-0.25, -0.2) is 4.79 Å². The number of benzene rings is 1. The zero-order valence-corrected chi connectivity index (χ0v) is 10.5. The molecule has 0 spiro atoms. The Morgan fingerprint density at radius 3 is 2.89 bits per heavy atom. The van der Waals surface area contributed by atoms with E-state index in [1.54, 1.807) is 0 Å². The largest absolute Gasteiger partial charge is 0.373 e. The molecule has 98 valence electrons. The van der Waals surface area contributed by atoms with Gasteiger partial charge in [0.1, 0.15) is 0 Å². The molecule has 2 amide bonds. The Morgan fingerprint density at radius 1 is 1.44 bits per heavy atom. The minimum atomic E-state index is -0.206. The summed E-state index contributed by atoms with van der Waals surface area (Å²) in [5.74, 6) is 0. The molecule has 1 fully saturated rings. The molecule has 0 aromatic heterocycles. The molecular formula is C13H19N3O2. The summed E-state index contributed by atoms with van der Waals surface area (Å²) in [6.45, 7) is 4.28. The molecule has 2 unspecified atom stereocenters. The Morgan fingerprint density at radius 2 is 2.22 bits per heavy atom. The molecule has 5 heteroatoms. The van der Waals surface area contributed by atoms with Crippen molar-refractivity contribution in [3.8, 4) is 0 Å². The molecule has 1 aliphatic rings. The number of amides is 2. The van der Waals surface area contributed by atoms with Crippen LogP contribution in [0, 0.1) is 0 Å². The van der Waals surface area contributed by atoms with Crippen LogP contribution in [0.4, 0.5) is 10.5 Å². The SMILES string of the molecule is CC(NC(=O)Nc1ccccc1)C1CNCCO1. The average molecular weight is 249 g/mol. The molecule has 18 heavy (non-hydrogen) atoms. The predicted octanol–water partition coefficient (Wildman–Crippen LogP) is 1.18. The Hall–Kier alpha value is -1.59. The van der Waals surface area contributed by atoms with Gasteiger partial charge >= 0.3 is 6.03 Å². The Balaban J connectivity index is 1.79. The molecule has 3 N–H and O–H groups in total. The summed E-state index contributed by atoms with van der Waals surface area (Å²) < 4.78 is 5.59. The van der Waals surface area contributed by atoms with Crippen LogP contribution in [-0.4, -0.2) is 37.9 Å². The number of rotatable bonds is 3. The highest BCUT2D eigenvalue weighted by Gasteiger charge is 2.21. The fourth-order valence-electron chi connectivity index (χ4n) is 1.90. The highest BCUT2D eigenvalue weighted by atomic mass is 16.5. The normalized spacial score (nSPS) is 21.1. The van der Waals surface area contributed by atoms with Gasteiger partial charge in [0.25, 0.3) is 0 Å². The fraction of sp³-hybridized carbons (Fsp3) is 0.462. The number of carbonyl (C=O) groups excluding carboxylic acids is 1. The van der Waals surface area contributed by atoms with E-state index in [0.29, 0.717) is 6.61 Å². The van der Waals surface area contributed by atoms with Crippen molar-refractivity contribution in [1.29, 1.82) is 0 Å². The number of urea groups is 1. The van der Waals surface area contributed by atoms with Gasteiger partial charge in [-0.2, -0.15) is 0 Å². The van der Waals surface area contributed by atoms with E-state index in [4.69, 9.17) is 4.74 Å². The van der Waals surface area contributed by atoms with Gasteiger partial charge in [0.15, 0.2) is 0 Å². The first-order valence-electron chi connectivity index (χ1n) is 6.20. The van der Waals surface area contributed by atoms with Gasteiger partial charge < -0.3 is 20.7 Å². The van der Waals surface area contributed by atoms with Gasteiger partial charge in [0, 0.05) is 18.8 Å². The third-order valence-electron chi connectivity index (χ3n) is 2.90. The van der Waals surface area contributed by atoms with E-state index in [1.807, 2.05) is 37.3 Å². The van der Waals surface area contributed by atoms with Gasteiger partial charge in [-0.1, -0.05) is 18.2 Å². The third kappa shape index (κ3) is 3.72. The minimum Gasteiger partial charge on any atom is -0.373 e. The van der Waals surface area contributed by atoms with Crippen molar-refractivity contribution in [2.24, 2.45) is 0 Å². The van der Waals surface area contributed by atoms with Crippen LogP contribution in [0.15, 0.2) is 30.3 Å². The number of hydrogen-bond donors (Lipinski definition) is 3. The zero-order chi connectivity index (χ0) is 12.8. The van der Waals surface area contributed by atoms with Crippen LogP contribution < -0.4 is 16.0 Å². The molecule has 1 aliphatic heterocycles. The van der Waals surface area contributed by atoms with Crippen molar-refractivity contribution in [2.45, 2.75) is 19.1 Å². The lowest BCUT2D eigenvalue weighted by Crippen LogP contribution is -2.51. The monoisotopic (exact) mass is 249 g/mol. The van der Waals surface area contributed by atoms with Crippen LogP contribution in [-0.2, 0) is 4.74 Å². The lowest BCUT2D eigenvalue weighted by atomic mass is 10.1. The van der Waals surface area contributed by atoms with Crippen molar-refractivity contribution in [2.75, 3.05) is 25.0 Å². The Kier molecular flexibility index (Phi) is 4.55. The van der Waals surface area contributed by atoms with Crippen molar-refractivity contribution < 1.29 is 9.53 Å². The second kappa shape index (κ2) is 6.37. The van der Waals surface area contributed by atoms with Crippen molar-refractivity contribution in [3.63, 3.8) is 0 Å². The van der Waals surface area contributed by atoms with E-state index >= 15 is 0 Å². The first kappa shape index (κ1) is 12.9. The van der Waals surface area contributed by atoms with Crippen molar-refractivity contribution in [3.05, 3.63) is 30.3 Å². The molecule has 2 rings (SSSR count). The summed E-state index contributed by atoms with van der Waals surface area (Å²) in [4.78, 5) is 11.8. The van der Waals surface area contributed by atoms with Crippen LogP contribution in [0.5, 0.6) is 0 Å². The van der Waals surface area contributed by atoms with E-state index < -0.39 is 0 Å². The summed E-state index contributed by atoms with van der Waals surface area (Å²) in [7, 11) is 0. The maximum atomic E-state index is 11.8. The van der Waals surface area contributed by atoms with Crippen molar-refractivity contribution in [1.82, 2.24) is 10.6 Å². The summed E-state index contributed by atoms with van der Waals surface area (Å²) in [6, 6.07) is 9.14. The fourth-order valence-corrected chi connectivity index (χ4v) is 1.90. The van der Waals surface area contributed by atoms with Crippen LogP contribution in [0.25, 0.3) is 0 Å². The second-order valence-electron chi connectivity index (χ2n) is 4.37. The number of hydrogen-bond acceptors (Lipinski definition) is 3. The summed E-state index contributed by atoms with van der Waals surface area (Å²) in [5.41, 5.74) is 0.782. The molecule has 1 heterocycles. The van der Waals surface area contributed by atoms with Crippen LogP contribution in [0.2, 0.25) is 0 Å². The minimum absolute atomic E-state index is 0.0264. The van der Waals surface area contributed by atoms with E-state index in [2.05, 4.69) is 16.0 Å². The quantitative estimate of drug-likeness (QED) is 0.754. The average Bonchev–Trinajstić information content (AvgIpc) is 2.40. The van der Waals surface area contributed by atoms with Gasteiger partial charge in [-0.05, 0) is 19.1 Å². The first-order chi connectivity index (χ1) is 8.75. The van der Waals surface area contributed by atoms with Crippen LogP contribution in [0.1, 0.15) is 6.92 Å². The van der Waals surface area contributed by atoms with E-state index in [-0.39, 0.29) is 18.2 Å². The summed E-state index contributed by atoms with van der Waals surface area (Å²) in [6.07, 6.45) is 0.0280. The number of nitrogens with one attached hydrogen (secondary N) is 3. The maximum Gasteiger partial charge on any atom is 0.319 e. The smallest absolute Gasteiger partial charge is 0.319 e. The number of carbonyl (C=O) groups is 1. The molecule has 0 saturated carbocycles. The topological polar surface area (TPSA) is 62.4 Å². The van der Waals surface area contributed by atoms with Gasteiger partial charge in [0.05, 0.1) is 18.8 Å². The third-order valence-corrected chi connectivity index (χ3v) is 2.90. The molecular weight excluding hydrogens is 230 g/mol. The molecule has 0 aliphatic carbocycles. The Bertz CT molecular complexity index is 377. The summed E-state index contributed by atoms with van der Waals surface area (Å²) >= 11 is 0. The van der Waals surface area contributed by atoms with E-state index in [9.17, 15) is 4.79 Å². The molecule has 1 aromatic carbocycles. The number of ether oxygens (including phenoxy) is 1. The standard InChI is InChI=1S/C13H19N3O2/c1-10(12-9-14-7-8-18-12)15-13(17)16-11-5-3-2-4-6-11/h2-6,10,12,14H,7-9H2,1H3,(H2,15,16,17). The van der Waals surface area contributed by atoms with Crippen LogP contribution in [0.3, 0.4) is 0 Å². The number of morpholine rings is 1.